The number of phenols is 1. The van der Waals surface area contributed by atoms with Crippen molar-refractivity contribution in [3.63, 3.8) is 0 Å². The van der Waals surface area contributed by atoms with Gasteiger partial charge in [0.1, 0.15) is 17.1 Å². The average molecular weight is 502 g/mol. The smallest absolute Gasteiger partial charge is 0.313 e. The van der Waals surface area contributed by atoms with Crippen LogP contribution >= 0.6 is 0 Å². The van der Waals surface area contributed by atoms with E-state index < -0.39 is 74.4 Å². The number of aliphatic hydroxyl groups excluding tert-OH is 2. The van der Waals surface area contributed by atoms with Gasteiger partial charge in [0, 0.05) is 29.8 Å². The SMILES string of the molecule is CCNc1cc([N+](=O)[O-])c(O)c2c1CC1CC3C(N(C)C)C(=O)C(C(N)=O)=C(O)C3(O)C(=O)C1=C2O. The first kappa shape index (κ1) is 25.1. The summed E-state index contributed by atoms with van der Waals surface area (Å²) in [6, 6.07) is -0.0573. The topological polar surface area (TPSA) is 217 Å². The molecule has 0 heterocycles. The molecule has 1 aromatic rings. The average Bonchev–Trinajstić information content (AvgIpc) is 2.77. The van der Waals surface area contributed by atoms with E-state index in [0.717, 1.165) is 6.07 Å². The molecule has 1 saturated carbocycles. The zero-order valence-corrected chi connectivity index (χ0v) is 19.7. The van der Waals surface area contributed by atoms with Crippen LogP contribution in [0.4, 0.5) is 11.4 Å². The molecule has 0 aromatic heterocycles. The second-order valence-electron chi connectivity index (χ2n) is 9.39. The van der Waals surface area contributed by atoms with Crippen molar-refractivity contribution in [3.8, 4) is 5.75 Å². The molecule has 0 bridgehead atoms. The standard InChI is InChI=1S/C23H26N4O9/c1-4-25-11-7-12(27(35)36)17(28)14-9(11)5-8-6-10-16(26(2)3)19(30)15(22(24)33)21(32)23(10,34)20(31)13(8)18(14)29/h7-8,10,16,25,28-29,32,34H,4-6H2,1-3H3,(H2,24,33). The maximum atomic E-state index is 13.8. The van der Waals surface area contributed by atoms with Gasteiger partial charge in [0.2, 0.25) is 11.5 Å². The number of nitrogens with zero attached hydrogens (tertiary/aromatic N) is 2. The number of nitrogens with one attached hydrogen (secondary N) is 1. The Kier molecular flexibility index (Phi) is 5.80. The molecule has 4 atom stereocenters. The molecular weight excluding hydrogens is 476 g/mol. The van der Waals surface area contributed by atoms with Gasteiger partial charge in [0.25, 0.3) is 5.91 Å². The maximum absolute atomic E-state index is 13.8. The number of likely N-dealkylation sites (N-methyl/N-ethyl adjacent to an activating group) is 1. The molecule has 0 aliphatic heterocycles. The Morgan fingerprint density at radius 1 is 1.31 bits per heavy atom. The highest BCUT2D eigenvalue weighted by Crippen LogP contribution is 2.54. The minimum absolute atomic E-state index is 0.0302. The van der Waals surface area contributed by atoms with Crippen molar-refractivity contribution in [2.24, 2.45) is 17.6 Å². The van der Waals surface area contributed by atoms with Crippen LogP contribution in [-0.4, -0.2) is 80.0 Å². The van der Waals surface area contributed by atoms with Crippen LogP contribution in [0.25, 0.3) is 5.76 Å². The molecule has 1 aromatic carbocycles. The number of phenolic OH excluding ortho intramolecular Hbond substituents is 1. The summed E-state index contributed by atoms with van der Waals surface area (Å²) in [6.07, 6.45) is -0.0441. The quantitative estimate of drug-likeness (QED) is 0.139. The van der Waals surface area contributed by atoms with Crippen molar-refractivity contribution in [2.75, 3.05) is 26.0 Å². The minimum Gasteiger partial charge on any atom is -0.508 e. The number of Topliss-reactive ketones (excluding diaryl/α,β-unsaturated/α-hetero) is 2. The number of hydrogen-bond donors (Lipinski definition) is 6. The number of ketones is 2. The molecule has 4 rings (SSSR count). The number of carbonyl (C=O) groups is 3. The van der Waals surface area contributed by atoms with Gasteiger partial charge >= 0.3 is 5.69 Å². The van der Waals surface area contributed by atoms with Crippen LogP contribution < -0.4 is 11.1 Å². The molecule has 192 valence electrons. The van der Waals surface area contributed by atoms with Crippen molar-refractivity contribution < 1.29 is 39.7 Å². The first-order chi connectivity index (χ1) is 16.8. The second kappa shape index (κ2) is 8.31. The number of rotatable bonds is 5. The first-order valence-corrected chi connectivity index (χ1v) is 11.2. The van der Waals surface area contributed by atoms with E-state index in [2.05, 4.69) is 5.32 Å². The van der Waals surface area contributed by atoms with Crippen LogP contribution in [0.5, 0.6) is 5.75 Å². The number of hydrogen-bond acceptors (Lipinski definition) is 11. The predicted octanol–water partition coefficient (Wildman–Crippen LogP) is 0.304. The molecule has 13 nitrogen and oxygen atoms in total. The third-order valence-corrected chi connectivity index (χ3v) is 7.26. The van der Waals surface area contributed by atoms with Gasteiger partial charge in [0.05, 0.1) is 16.5 Å². The lowest BCUT2D eigenvalue weighted by Gasteiger charge is -2.50. The van der Waals surface area contributed by atoms with Gasteiger partial charge in [-0.15, -0.1) is 0 Å². The molecule has 1 fully saturated rings. The maximum Gasteiger partial charge on any atom is 0.313 e. The van der Waals surface area contributed by atoms with Crippen LogP contribution in [0.1, 0.15) is 24.5 Å². The predicted molar refractivity (Wildman–Crippen MR) is 125 cm³/mol. The van der Waals surface area contributed by atoms with Gasteiger partial charge < -0.3 is 31.5 Å². The third kappa shape index (κ3) is 3.19. The second-order valence-corrected chi connectivity index (χ2v) is 9.39. The van der Waals surface area contributed by atoms with E-state index in [4.69, 9.17) is 5.73 Å². The van der Waals surface area contributed by atoms with E-state index in [9.17, 15) is 44.9 Å². The lowest BCUT2D eigenvalue weighted by atomic mass is 9.57. The monoisotopic (exact) mass is 502 g/mol. The molecule has 7 N–H and O–H groups in total. The van der Waals surface area contributed by atoms with Gasteiger partial charge in [-0.1, -0.05) is 0 Å². The summed E-state index contributed by atoms with van der Waals surface area (Å²) in [4.78, 5) is 50.9. The van der Waals surface area contributed by atoms with E-state index in [0.29, 0.717) is 12.1 Å². The zero-order valence-electron chi connectivity index (χ0n) is 19.7. The van der Waals surface area contributed by atoms with Crippen molar-refractivity contribution in [1.82, 2.24) is 4.90 Å². The largest absolute Gasteiger partial charge is 0.508 e. The van der Waals surface area contributed by atoms with Crippen LogP contribution in [0, 0.1) is 22.0 Å². The fraction of sp³-hybridized carbons (Fsp3) is 0.435. The number of amides is 1. The summed E-state index contributed by atoms with van der Waals surface area (Å²) in [5.41, 5.74) is 0.786. The molecule has 4 unspecified atom stereocenters. The van der Waals surface area contributed by atoms with Gasteiger partial charge in [-0.25, -0.2) is 0 Å². The number of benzene rings is 1. The summed E-state index contributed by atoms with van der Waals surface area (Å²) in [5, 5.41) is 58.7. The molecule has 0 spiro atoms. The summed E-state index contributed by atoms with van der Waals surface area (Å²) >= 11 is 0. The molecule has 0 radical (unpaired) electrons. The molecule has 13 heteroatoms. The Bertz CT molecular complexity index is 1300. The van der Waals surface area contributed by atoms with Crippen molar-refractivity contribution in [1.29, 1.82) is 0 Å². The number of aliphatic hydroxyl groups is 3. The lowest BCUT2D eigenvalue weighted by Crippen LogP contribution is -2.65. The third-order valence-electron chi connectivity index (χ3n) is 7.26. The normalized spacial score (nSPS) is 27.5. The number of primary amides is 1. The van der Waals surface area contributed by atoms with Gasteiger partial charge in [-0.05, 0) is 45.3 Å². The van der Waals surface area contributed by atoms with Gasteiger partial charge in [0.15, 0.2) is 11.4 Å². The minimum atomic E-state index is -2.77. The summed E-state index contributed by atoms with van der Waals surface area (Å²) < 4.78 is 0. The van der Waals surface area contributed by atoms with Crippen LogP contribution in [0.3, 0.4) is 0 Å². The zero-order chi connectivity index (χ0) is 26.9. The number of anilines is 1. The molecular formula is C23H26N4O9. The highest BCUT2D eigenvalue weighted by molar-refractivity contribution is 6.24. The van der Waals surface area contributed by atoms with E-state index in [1.165, 1.54) is 19.0 Å². The highest BCUT2D eigenvalue weighted by atomic mass is 16.6. The molecule has 1 amide bonds. The van der Waals surface area contributed by atoms with E-state index >= 15 is 0 Å². The van der Waals surface area contributed by atoms with E-state index in [1.54, 1.807) is 6.92 Å². The summed E-state index contributed by atoms with van der Waals surface area (Å²) in [7, 11) is 3.02. The molecule has 3 aliphatic carbocycles. The Balaban J connectivity index is 2.01. The number of aromatic hydroxyl groups is 1. The van der Waals surface area contributed by atoms with Crippen LogP contribution in [0.2, 0.25) is 0 Å². The molecule has 0 saturated heterocycles. The fourth-order valence-corrected chi connectivity index (χ4v) is 5.78. The van der Waals surface area contributed by atoms with Crippen molar-refractivity contribution >= 4 is 34.6 Å². The lowest BCUT2D eigenvalue weighted by molar-refractivity contribution is -0.385. The number of carbonyl (C=O) groups excluding carboxylic acids is 3. The van der Waals surface area contributed by atoms with Crippen molar-refractivity contribution in [2.45, 2.75) is 31.4 Å². The number of nitro groups is 1. The fourth-order valence-electron chi connectivity index (χ4n) is 5.78. The Morgan fingerprint density at radius 2 is 1.94 bits per heavy atom. The molecule has 3 aliphatic rings. The van der Waals surface area contributed by atoms with Crippen molar-refractivity contribution in [3.05, 3.63) is 44.2 Å². The number of nitrogens with two attached hydrogens (primary N) is 1. The van der Waals surface area contributed by atoms with E-state index in [1.807, 2.05) is 0 Å². The molecule has 36 heavy (non-hydrogen) atoms. The van der Waals surface area contributed by atoms with Gasteiger partial charge in [-0.2, -0.15) is 0 Å². The Labute approximate surface area is 204 Å². The first-order valence-electron chi connectivity index (χ1n) is 11.2. The van der Waals surface area contributed by atoms with Gasteiger partial charge in [-0.3, -0.25) is 29.4 Å². The number of nitro benzene ring substituents is 1. The summed E-state index contributed by atoms with van der Waals surface area (Å²) in [5.74, 6) is -8.18. The van der Waals surface area contributed by atoms with Crippen LogP contribution in [-0.2, 0) is 20.8 Å². The number of fused-ring (bicyclic) bond motifs is 3. The highest BCUT2D eigenvalue weighted by Gasteiger charge is 2.64. The summed E-state index contributed by atoms with van der Waals surface area (Å²) in [6.45, 7) is 2.11. The Morgan fingerprint density at radius 3 is 2.47 bits per heavy atom. The van der Waals surface area contributed by atoms with Crippen LogP contribution in [0.15, 0.2) is 23.0 Å². The van der Waals surface area contributed by atoms with E-state index in [-0.39, 0.29) is 29.7 Å². The Hall–Kier alpha value is -3.97.